The average Bonchev–Trinajstić information content (AvgIpc) is 2.35. The molecule has 1 aromatic carbocycles. The van der Waals surface area contributed by atoms with Crippen LogP contribution in [0.2, 0.25) is 0 Å². The van der Waals surface area contributed by atoms with E-state index in [0.29, 0.717) is 0 Å². The van der Waals surface area contributed by atoms with Crippen LogP contribution in [0.25, 0.3) is 0 Å². The topological polar surface area (TPSA) is 43.4 Å². The molecule has 2 unspecified atom stereocenters. The summed E-state index contributed by atoms with van der Waals surface area (Å²) in [5.41, 5.74) is 0.860. The fourth-order valence-electron chi connectivity index (χ4n) is 1.84. The predicted molar refractivity (Wildman–Crippen MR) is 73.3 cm³/mol. The summed E-state index contributed by atoms with van der Waals surface area (Å²) in [6, 6.07) is 7.44. The van der Waals surface area contributed by atoms with Gasteiger partial charge >= 0.3 is 5.97 Å². The van der Waals surface area contributed by atoms with Crippen LogP contribution in [0, 0.1) is 5.92 Å². The molecule has 2 atom stereocenters. The van der Waals surface area contributed by atoms with E-state index in [4.69, 9.17) is 0 Å². The second-order valence-electron chi connectivity index (χ2n) is 3.92. The molecule has 0 spiro atoms. The lowest BCUT2D eigenvalue weighted by molar-refractivity contribution is -0.149. The lowest BCUT2D eigenvalue weighted by atomic mass is 9.84. The second-order valence-corrected chi connectivity index (χ2v) is 4.84. The van der Waals surface area contributed by atoms with E-state index in [1.807, 2.05) is 24.3 Å². The largest absolute Gasteiger partial charge is 0.468 e. The smallest absolute Gasteiger partial charge is 0.317 e. The van der Waals surface area contributed by atoms with Crippen LogP contribution in [0.1, 0.15) is 18.4 Å². The van der Waals surface area contributed by atoms with E-state index < -0.39 is 11.9 Å². The minimum absolute atomic E-state index is 0.227. The van der Waals surface area contributed by atoms with Crippen molar-refractivity contribution in [2.45, 2.75) is 12.8 Å². The summed E-state index contributed by atoms with van der Waals surface area (Å²) in [6.45, 7) is 5.09. The minimum Gasteiger partial charge on any atom is -0.468 e. The van der Waals surface area contributed by atoms with E-state index in [1.165, 1.54) is 14.0 Å². The quantitative estimate of drug-likeness (QED) is 0.477. The number of hydrogen-bond acceptors (Lipinski definition) is 3. The first-order chi connectivity index (χ1) is 8.51. The maximum absolute atomic E-state index is 11.7. The number of ketones is 1. The Kier molecular flexibility index (Phi) is 5.28. The number of halogens is 1. The molecule has 0 radical (unpaired) electrons. The Morgan fingerprint density at radius 1 is 1.33 bits per heavy atom. The summed E-state index contributed by atoms with van der Waals surface area (Å²) in [4.78, 5) is 23.3. The van der Waals surface area contributed by atoms with Crippen LogP contribution < -0.4 is 0 Å². The normalized spacial score (nSPS) is 13.5. The standard InChI is InChI=1S/C14H15BrO3/c1-4-12(10-5-7-11(15)8-6-10)13(9(2)16)14(17)18-3/h4-8,12-13H,1H2,2-3H3. The van der Waals surface area contributed by atoms with Crippen LogP contribution in [-0.2, 0) is 14.3 Å². The number of allylic oxidation sites excluding steroid dienone is 1. The van der Waals surface area contributed by atoms with Gasteiger partial charge in [-0.2, -0.15) is 0 Å². The number of carbonyl (C=O) groups excluding carboxylic acids is 2. The first-order valence-corrected chi connectivity index (χ1v) is 6.26. The van der Waals surface area contributed by atoms with Gasteiger partial charge in [0.1, 0.15) is 11.7 Å². The van der Waals surface area contributed by atoms with Crippen molar-refractivity contribution >= 4 is 27.7 Å². The molecule has 0 N–H and O–H groups in total. The van der Waals surface area contributed by atoms with Gasteiger partial charge in [0.05, 0.1) is 7.11 Å². The summed E-state index contributed by atoms with van der Waals surface area (Å²) in [5, 5.41) is 0. The number of Topliss-reactive ketones (excluding diaryl/α,β-unsaturated/α-hetero) is 1. The van der Waals surface area contributed by atoms with Crippen LogP contribution in [0.5, 0.6) is 0 Å². The van der Waals surface area contributed by atoms with E-state index >= 15 is 0 Å². The summed E-state index contributed by atoms with van der Waals surface area (Å²) < 4.78 is 5.62. The number of benzene rings is 1. The third-order valence-corrected chi connectivity index (χ3v) is 3.29. The zero-order chi connectivity index (χ0) is 13.7. The van der Waals surface area contributed by atoms with Gasteiger partial charge in [-0.3, -0.25) is 9.59 Å². The lowest BCUT2D eigenvalue weighted by Gasteiger charge is -2.20. The highest BCUT2D eigenvalue weighted by Crippen LogP contribution is 2.28. The van der Waals surface area contributed by atoms with E-state index in [-0.39, 0.29) is 11.7 Å². The van der Waals surface area contributed by atoms with Crippen LogP contribution in [0.3, 0.4) is 0 Å². The molecular formula is C14H15BrO3. The van der Waals surface area contributed by atoms with Gasteiger partial charge in [-0.1, -0.05) is 34.1 Å². The van der Waals surface area contributed by atoms with E-state index in [2.05, 4.69) is 27.2 Å². The first kappa shape index (κ1) is 14.6. The first-order valence-electron chi connectivity index (χ1n) is 5.47. The lowest BCUT2D eigenvalue weighted by Crippen LogP contribution is -2.28. The van der Waals surface area contributed by atoms with Gasteiger partial charge in [0.2, 0.25) is 0 Å². The molecule has 0 aliphatic rings. The molecule has 0 saturated heterocycles. The van der Waals surface area contributed by atoms with Crippen molar-refractivity contribution in [3.8, 4) is 0 Å². The molecule has 0 saturated carbocycles. The van der Waals surface area contributed by atoms with Gasteiger partial charge in [-0.05, 0) is 24.6 Å². The van der Waals surface area contributed by atoms with Gasteiger partial charge in [0.25, 0.3) is 0 Å². The van der Waals surface area contributed by atoms with E-state index in [9.17, 15) is 9.59 Å². The number of esters is 1. The van der Waals surface area contributed by atoms with Crippen molar-refractivity contribution < 1.29 is 14.3 Å². The van der Waals surface area contributed by atoms with Gasteiger partial charge < -0.3 is 4.74 Å². The fourth-order valence-corrected chi connectivity index (χ4v) is 2.11. The molecular weight excluding hydrogens is 296 g/mol. The second kappa shape index (κ2) is 6.50. The molecule has 0 fully saturated rings. The Balaban J connectivity index is 3.13. The molecule has 18 heavy (non-hydrogen) atoms. The zero-order valence-electron chi connectivity index (χ0n) is 10.4. The van der Waals surface area contributed by atoms with Crippen molar-refractivity contribution in [1.29, 1.82) is 0 Å². The SMILES string of the molecule is C=CC(c1ccc(Br)cc1)C(C(C)=O)C(=O)OC. The highest BCUT2D eigenvalue weighted by molar-refractivity contribution is 9.10. The summed E-state index contributed by atoms with van der Waals surface area (Å²) in [5.74, 6) is -1.97. The highest BCUT2D eigenvalue weighted by atomic mass is 79.9. The molecule has 0 aromatic heterocycles. The molecule has 1 rings (SSSR count). The maximum Gasteiger partial charge on any atom is 0.317 e. The van der Waals surface area contributed by atoms with Crippen LogP contribution in [0.4, 0.5) is 0 Å². The minimum atomic E-state index is -0.839. The fraction of sp³-hybridized carbons (Fsp3) is 0.286. The van der Waals surface area contributed by atoms with Gasteiger partial charge in [0, 0.05) is 10.4 Å². The number of rotatable bonds is 5. The van der Waals surface area contributed by atoms with Crippen molar-refractivity contribution in [2.75, 3.05) is 7.11 Å². The summed E-state index contributed by atoms with van der Waals surface area (Å²) in [7, 11) is 1.28. The third-order valence-electron chi connectivity index (χ3n) is 2.76. The Morgan fingerprint density at radius 2 is 1.89 bits per heavy atom. The predicted octanol–water partition coefficient (Wildman–Crippen LogP) is 3.10. The Morgan fingerprint density at radius 3 is 2.28 bits per heavy atom. The number of ether oxygens (including phenoxy) is 1. The zero-order valence-corrected chi connectivity index (χ0v) is 11.9. The number of hydrogen-bond donors (Lipinski definition) is 0. The molecule has 3 nitrogen and oxygen atoms in total. The van der Waals surface area contributed by atoms with E-state index in [0.717, 1.165) is 10.0 Å². The molecule has 0 heterocycles. The van der Waals surface area contributed by atoms with Gasteiger partial charge in [-0.15, -0.1) is 6.58 Å². The summed E-state index contributed by atoms with van der Waals surface area (Å²) >= 11 is 3.34. The van der Waals surface area contributed by atoms with Crippen molar-refractivity contribution in [3.05, 3.63) is 47.0 Å². The molecule has 0 amide bonds. The Bertz CT molecular complexity index is 451. The van der Waals surface area contributed by atoms with Crippen molar-refractivity contribution in [3.63, 3.8) is 0 Å². The van der Waals surface area contributed by atoms with Crippen LogP contribution in [-0.4, -0.2) is 18.9 Å². The average molecular weight is 311 g/mol. The van der Waals surface area contributed by atoms with Gasteiger partial charge in [-0.25, -0.2) is 0 Å². The summed E-state index contributed by atoms with van der Waals surface area (Å²) in [6.07, 6.45) is 1.60. The molecule has 0 bridgehead atoms. The molecule has 96 valence electrons. The Labute approximate surface area is 115 Å². The maximum atomic E-state index is 11.7. The third kappa shape index (κ3) is 3.29. The highest BCUT2D eigenvalue weighted by Gasteiger charge is 2.32. The van der Waals surface area contributed by atoms with Gasteiger partial charge in [0.15, 0.2) is 0 Å². The van der Waals surface area contributed by atoms with Crippen LogP contribution >= 0.6 is 15.9 Å². The van der Waals surface area contributed by atoms with Crippen LogP contribution in [0.15, 0.2) is 41.4 Å². The Hall–Kier alpha value is -1.42. The number of carbonyl (C=O) groups is 2. The molecule has 0 aliphatic carbocycles. The number of methoxy groups -OCH3 is 1. The molecule has 0 aliphatic heterocycles. The molecule has 4 heteroatoms. The molecule has 1 aromatic rings. The monoisotopic (exact) mass is 310 g/mol. The van der Waals surface area contributed by atoms with E-state index in [1.54, 1.807) is 6.08 Å². The van der Waals surface area contributed by atoms with Crippen molar-refractivity contribution in [2.24, 2.45) is 5.92 Å². The van der Waals surface area contributed by atoms with Crippen molar-refractivity contribution in [1.82, 2.24) is 0 Å².